The van der Waals surface area contributed by atoms with E-state index in [0.29, 0.717) is 23.0 Å². The number of carbonyl (C=O) groups is 2. The van der Waals surface area contributed by atoms with Gasteiger partial charge in [-0.1, -0.05) is 49.2 Å². The minimum absolute atomic E-state index is 0.0294. The van der Waals surface area contributed by atoms with Gasteiger partial charge in [-0.15, -0.1) is 0 Å². The first kappa shape index (κ1) is 22.2. The van der Waals surface area contributed by atoms with Gasteiger partial charge in [0.2, 0.25) is 0 Å². The fraction of sp³-hybridized carbons (Fsp3) is 0.333. The number of aryl methyl sites for hydroxylation is 4. The van der Waals surface area contributed by atoms with Crippen LogP contribution in [-0.2, 0) is 16.1 Å². The summed E-state index contributed by atoms with van der Waals surface area (Å²) in [6.07, 6.45) is 1.65. The lowest BCUT2D eigenvalue weighted by molar-refractivity contribution is -0.119. The second-order valence-corrected chi connectivity index (χ2v) is 7.67. The fourth-order valence-electron chi connectivity index (χ4n) is 3.60. The third-order valence-corrected chi connectivity index (χ3v) is 5.06. The number of anilines is 1. The molecule has 162 valence electrons. The highest BCUT2D eigenvalue weighted by Gasteiger charge is 2.19. The Bertz CT molecular complexity index is 1170. The molecule has 0 aliphatic heterocycles. The van der Waals surface area contributed by atoms with Gasteiger partial charge in [0.1, 0.15) is 0 Å². The van der Waals surface area contributed by atoms with Gasteiger partial charge in [-0.05, 0) is 44.4 Å². The molecule has 0 saturated heterocycles. The van der Waals surface area contributed by atoms with E-state index in [1.807, 2.05) is 39.8 Å². The molecular weight excluding hydrogens is 394 g/mol. The van der Waals surface area contributed by atoms with E-state index in [0.717, 1.165) is 29.5 Å². The third-order valence-electron chi connectivity index (χ3n) is 5.06. The van der Waals surface area contributed by atoms with Crippen molar-refractivity contribution in [3.8, 4) is 0 Å². The maximum absolute atomic E-state index is 12.8. The predicted molar refractivity (Wildman–Crippen MR) is 120 cm³/mol. The van der Waals surface area contributed by atoms with E-state index in [9.17, 15) is 14.4 Å². The van der Waals surface area contributed by atoms with Gasteiger partial charge in [-0.25, -0.2) is 9.48 Å². The second-order valence-electron chi connectivity index (χ2n) is 7.67. The van der Waals surface area contributed by atoms with Gasteiger partial charge in [0.05, 0.1) is 5.39 Å². The molecule has 0 unspecified atom stereocenters. The average Bonchev–Trinajstić information content (AvgIpc) is 2.74. The summed E-state index contributed by atoms with van der Waals surface area (Å²) in [7, 11) is 0. The molecule has 3 aromatic rings. The zero-order valence-corrected chi connectivity index (χ0v) is 18.3. The van der Waals surface area contributed by atoms with E-state index in [1.54, 1.807) is 24.3 Å². The smallest absolute Gasteiger partial charge is 0.359 e. The summed E-state index contributed by atoms with van der Waals surface area (Å²) in [4.78, 5) is 37.8. The largest absolute Gasteiger partial charge is 0.451 e. The number of hydrogen-bond donors (Lipinski definition) is 1. The van der Waals surface area contributed by atoms with Crippen molar-refractivity contribution in [1.29, 1.82) is 0 Å². The Morgan fingerprint density at radius 2 is 1.71 bits per heavy atom. The Kier molecular flexibility index (Phi) is 6.84. The Morgan fingerprint density at radius 3 is 2.35 bits per heavy atom. The standard InChI is InChI=1S/C24H27N3O4/c1-5-6-11-27-23(29)19-10-8-7-9-18(19)22(26-27)24(30)31-14-20(28)25-21-16(3)12-15(2)13-17(21)4/h7-10,12-13H,5-6,11,14H2,1-4H3,(H,25,28). The van der Waals surface area contributed by atoms with E-state index >= 15 is 0 Å². The van der Waals surface area contributed by atoms with Crippen LogP contribution in [0.3, 0.4) is 0 Å². The lowest BCUT2D eigenvalue weighted by Gasteiger charge is -2.13. The first-order valence-electron chi connectivity index (χ1n) is 10.4. The fourth-order valence-corrected chi connectivity index (χ4v) is 3.60. The Labute approximate surface area is 181 Å². The summed E-state index contributed by atoms with van der Waals surface area (Å²) in [6.45, 7) is 7.79. The van der Waals surface area contributed by atoms with Crippen LogP contribution in [0.15, 0.2) is 41.2 Å². The number of ether oxygens (including phenoxy) is 1. The highest BCUT2D eigenvalue weighted by molar-refractivity contribution is 6.03. The van der Waals surface area contributed by atoms with Crippen LogP contribution >= 0.6 is 0 Å². The molecule has 31 heavy (non-hydrogen) atoms. The van der Waals surface area contributed by atoms with E-state index < -0.39 is 18.5 Å². The van der Waals surface area contributed by atoms with E-state index in [4.69, 9.17) is 4.74 Å². The Balaban J connectivity index is 1.80. The molecule has 7 nitrogen and oxygen atoms in total. The zero-order valence-electron chi connectivity index (χ0n) is 18.3. The molecule has 0 fully saturated rings. The Morgan fingerprint density at radius 1 is 1.06 bits per heavy atom. The monoisotopic (exact) mass is 421 g/mol. The van der Waals surface area contributed by atoms with Crippen molar-refractivity contribution < 1.29 is 14.3 Å². The maximum Gasteiger partial charge on any atom is 0.359 e. The molecule has 1 heterocycles. The van der Waals surface area contributed by atoms with Gasteiger partial charge in [0.25, 0.3) is 11.5 Å². The molecule has 1 N–H and O–H groups in total. The van der Waals surface area contributed by atoms with Crippen molar-refractivity contribution in [1.82, 2.24) is 9.78 Å². The highest BCUT2D eigenvalue weighted by atomic mass is 16.5. The van der Waals surface area contributed by atoms with Crippen LogP contribution in [0.5, 0.6) is 0 Å². The molecule has 0 bridgehead atoms. The minimum Gasteiger partial charge on any atom is -0.451 e. The SMILES string of the molecule is CCCCn1nc(C(=O)OCC(=O)Nc2c(C)cc(C)cc2C)c2ccccc2c1=O. The van der Waals surface area contributed by atoms with Gasteiger partial charge in [-0.3, -0.25) is 9.59 Å². The van der Waals surface area contributed by atoms with Crippen LogP contribution in [0.25, 0.3) is 10.8 Å². The number of carbonyl (C=O) groups excluding carboxylic acids is 2. The van der Waals surface area contributed by atoms with Gasteiger partial charge in [0, 0.05) is 17.6 Å². The normalized spacial score (nSPS) is 10.8. The van der Waals surface area contributed by atoms with Gasteiger partial charge < -0.3 is 10.1 Å². The van der Waals surface area contributed by atoms with Gasteiger partial charge in [-0.2, -0.15) is 5.10 Å². The number of benzene rings is 2. The summed E-state index contributed by atoms with van der Waals surface area (Å²) in [6, 6.07) is 10.7. The molecule has 0 saturated carbocycles. The lowest BCUT2D eigenvalue weighted by atomic mass is 10.1. The van der Waals surface area contributed by atoms with Crippen LogP contribution in [0.2, 0.25) is 0 Å². The number of aromatic nitrogens is 2. The van der Waals surface area contributed by atoms with Crippen molar-refractivity contribution in [2.45, 2.75) is 47.1 Å². The number of nitrogens with zero attached hydrogens (tertiary/aromatic N) is 2. The molecule has 2 aromatic carbocycles. The number of nitrogens with one attached hydrogen (secondary N) is 1. The van der Waals surface area contributed by atoms with Crippen molar-refractivity contribution in [2.75, 3.05) is 11.9 Å². The first-order chi connectivity index (χ1) is 14.8. The summed E-state index contributed by atoms with van der Waals surface area (Å²) in [5, 5.41) is 7.85. The molecule has 0 aliphatic carbocycles. The second kappa shape index (κ2) is 9.55. The molecule has 0 aliphatic rings. The molecule has 7 heteroatoms. The number of unbranched alkanes of at least 4 members (excludes halogenated alkanes) is 1. The lowest BCUT2D eigenvalue weighted by Crippen LogP contribution is -2.28. The quantitative estimate of drug-likeness (QED) is 0.584. The number of hydrogen-bond acceptors (Lipinski definition) is 5. The topological polar surface area (TPSA) is 90.3 Å². The first-order valence-corrected chi connectivity index (χ1v) is 10.4. The maximum atomic E-state index is 12.8. The third kappa shape index (κ3) is 4.99. The van der Waals surface area contributed by atoms with Crippen LogP contribution in [-0.4, -0.2) is 28.3 Å². The van der Waals surface area contributed by atoms with E-state index in [1.165, 1.54) is 4.68 Å². The van der Waals surface area contributed by atoms with Crippen LogP contribution < -0.4 is 10.9 Å². The molecule has 1 aromatic heterocycles. The van der Waals surface area contributed by atoms with E-state index in [2.05, 4.69) is 10.4 Å². The van der Waals surface area contributed by atoms with Gasteiger partial charge in [0.15, 0.2) is 12.3 Å². The summed E-state index contributed by atoms with van der Waals surface area (Å²) < 4.78 is 6.54. The van der Waals surface area contributed by atoms with Crippen molar-refractivity contribution in [3.63, 3.8) is 0 Å². The van der Waals surface area contributed by atoms with Crippen LogP contribution in [0, 0.1) is 20.8 Å². The number of esters is 1. The summed E-state index contributed by atoms with van der Waals surface area (Å²) in [5.74, 6) is -1.18. The Hall–Kier alpha value is -3.48. The molecule has 0 spiro atoms. The summed E-state index contributed by atoms with van der Waals surface area (Å²) in [5.41, 5.74) is 3.48. The molecule has 0 radical (unpaired) electrons. The number of amides is 1. The number of fused-ring (bicyclic) bond motifs is 1. The van der Waals surface area contributed by atoms with Gasteiger partial charge >= 0.3 is 5.97 Å². The average molecular weight is 421 g/mol. The highest BCUT2D eigenvalue weighted by Crippen LogP contribution is 2.22. The summed E-state index contributed by atoms with van der Waals surface area (Å²) >= 11 is 0. The molecular formula is C24H27N3O4. The van der Waals surface area contributed by atoms with Crippen molar-refractivity contribution >= 4 is 28.3 Å². The minimum atomic E-state index is -0.742. The zero-order chi connectivity index (χ0) is 22.5. The molecule has 1 amide bonds. The molecule has 3 rings (SSSR count). The van der Waals surface area contributed by atoms with E-state index in [-0.39, 0.29) is 11.3 Å². The van der Waals surface area contributed by atoms with Crippen LogP contribution in [0.4, 0.5) is 5.69 Å². The predicted octanol–water partition coefficient (Wildman–Crippen LogP) is 3.92. The number of rotatable bonds is 7. The molecule has 0 atom stereocenters. The van der Waals surface area contributed by atoms with Crippen molar-refractivity contribution in [2.24, 2.45) is 0 Å². The van der Waals surface area contributed by atoms with Crippen molar-refractivity contribution in [3.05, 3.63) is 69.1 Å². The van der Waals surface area contributed by atoms with Crippen LogP contribution in [0.1, 0.15) is 46.9 Å².